The molecule has 1 heteroatoms. The maximum atomic E-state index is 3.51. The summed E-state index contributed by atoms with van der Waals surface area (Å²) in [5.41, 5.74) is 4.72. The van der Waals surface area contributed by atoms with Crippen LogP contribution in [0.2, 0.25) is 0 Å². The molecule has 0 aliphatic carbocycles. The molecule has 0 saturated carbocycles. The van der Waals surface area contributed by atoms with Gasteiger partial charge < -0.3 is 5.32 Å². The van der Waals surface area contributed by atoms with Crippen LogP contribution in [0, 0.1) is 6.92 Å². The van der Waals surface area contributed by atoms with Crippen molar-refractivity contribution in [2.24, 2.45) is 0 Å². The van der Waals surface area contributed by atoms with Gasteiger partial charge in [-0.2, -0.15) is 0 Å². The number of rotatable bonds is 1. The fourth-order valence-electron chi connectivity index (χ4n) is 2.72. The highest BCUT2D eigenvalue weighted by atomic mass is 14.9. The molecule has 1 aromatic rings. The van der Waals surface area contributed by atoms with Gasteiger partial charge in [0, 0.05) is 6.54 Å². The van der Waals surface area contributed by atoms with Crippen molar-refractivity contribution in [3.63, 3.8) is 0 Å². The van der Waals surface area contributed by atoms with Crippen molar-refractivity contribution < 1.29 is 0 Å². The van der Waals surface area contributed by atoms with Gasteiger partial charge in [-0.3, -0.25) is 0 Å². The molecule has 1 saturated heterocycles. The van der Waals surface area contributed by atoms with E-state index >= 15 is 0 Å². The summed E-state index contributed by atoms with van der Waals surface area (Å²) in [7, 11) is 0. The summed E-state index contributed by atoms with van der Waals surface area (Å²) in [6.45, 7) is 11.4. The predicted molar refractivity (Wildman–Crippen MR) is 74.7 cm³/mol. The maximum Gasteiger partial charge on any atom is 0.00202 e. The summed E-state index contributed by atoms with van der Waals surface area (Å²) < 4.78 is 0. The van der Waals surface area contributed by atoms with E-state index in [-0.39, 0.29) is 5.41 Å². The highest BCUT2D eigenvalue weighted by molar-refractivity contribution is 5.36. The van der Waals surface area contributed by atoms with Crippen molar-refractivity contribution in [3.8, 4) is 0 Å². The van der Waals surface area contributed by atoms with Crippen LogP contribution >= 0.6 is 0 Å². The Morgan fingerprint density at radius 2 is 2.00 bits per heavy atom. The van der Waals surface area contributed by atoms with Crippen LogP contribution in [0.5, 0.6) is 0 Å². The monoisotopic (exact) mass is 231 g/mol. The van der Waals surface area contributed by atoms with Crippen molar-refractivity contribution >= 4 is 0 Å². The Morgan fingerprint density at radius 1 is 1.24 bits per heavy atom. The molecule has 17 heavy (non-hydrogen) atoms. The lowest BCUT2D eigenvalue weighted by atomic mass is 9.82. The molecule has 0 radical (unpaired) electrons. The van der Waals surface area contributed by atoms with Crippen LogP contribution in [0.1, 0.15) is 56.2 Å². The molecule has 1 fully saturated rings. The van der Waals surface area contributed by atoms with Crippen LogP contribution < -0.4 is 5.32 Å². The Labute approximate surface area is 106 Å². The smallest absolute Gasteiger partial charge is 0.00202 e. The molecule has 0 amide bonds. The van der Waals surface area contributed by atoms with Crippen molar-refractivity contribution in [1.82, 2.24) is 5.32 Å². The van der Waals surface area contributed by atoms with Crippen molar-refractivity contribution in [1.29, 1.82) is 0 Å². The quantitative estimate of drug-likeness (QED) is 0.776. The molecule has 1 N–H and O–H groups in total. The van der Waals surface area contributed by atoms with Crippen molar-refractivity contribution in [2.75, 3.05) is 13.1 Å². The van der Waals surface area contributed by atoms with Gasteiger partial charge in [0.05, 0.1) is 0 Å². The standard InChI is InChI=1S/C16H25N/c1-12-10-14(16(2,3)4)7-8-15(12)13-6-5-9-17-11-13/h7-8,10,13,17H,5-6,9,11H2,1-4H3. The van der Waals surface area contributed by atoms with Gasteiger partial charge in [-0.05, 0) is 54.3 Å². The largest absolute Gasteiger partial charge is 0.316 e. The summed E-state index contributed by atoms with van der Waals surface area (Å²) in [4.78, 5) is 0. The first kappa shape index (κ1) is 12.6. The Balaban J connectivity index is 2.25. The summed E-state index contributed by atoms with van der Waals surface area (Å²) in [6.07, 6.45) is 2.65. The van der Waals surface area contributed by atoms with E-state index in [1.54, 1.807) is 5.56 Å². The third-order valence-electron chi connectivity index (χ3n) is 3.87. The van der Waals surface area contributed by atoms with Gasteiger partial charge in [0.2, 0.25) is 0 Å². The predicted octanol–water partition coefficient (Wildman–Crippen LogP) is 3.76. The highest BCUT2D eigenvalue weighted by Crippen LogP contribution is 2.30. The molecule has 1 heterocycles. The van der Waals surface area contributed by atoms with Crippen LogP contribution in [-0.2, 0) is 5.41 Å². The van der Waals surface area contributed by atoms with Crippen molar-refractivity contribution in [2.45, 2.75) is 51.9 Å². The van der Waals surface area contributed by atoms with Crippen LogP contribution in [-0.4, -0.2) is 13.1 Å². The fourth-order valence-corrected chi connectivity index (χ4v) is 2.72. The third-order valence-corrected chi connectivity index (χ3v) is 3.87. The van der Waals surface area contributed by atoms with E-state index in [9.17, 15) is 0 Å². The summed E-state index contributed by atoms with van der Waals surface area (Å²) in [5, 5.41) is 3.51. The first-order chi connectivity index (χ1) is 7.98. The first-order valence-electron chi connectivity index (χ1n) is 6.80. The average Bonchev–Trinajstić information content (AvgIpc) is 2.29. The van der Waals surface area contributed by atoms with E-state index in [1.807, 2.05) is 0 Å². The normalized spacial score (nSPS) is 21.5. The lowest BCUT2D eigenvalue weighted by Gasteiger charge is -2.26. The van der Waals surface area contributed by atoms with Gasteiger partial charge in [0.15, 0.2) is 0 Å². The van der Waals surface area contributed by atoms with Crippen LogP contribution in [0.4, 0.5) is 0 Å². The Morgan fingerprint density at radius 3 is 2.53 bits per heavy atom. The Bertz CT molecular complexity index is 381. The minimum atomic E-state index is 0.258. The number of benzene rings is 1. The second kappa shape index (κ2) is 4.81. The fraction of sp³-hybridized carbons (Fsp3) is 0.625. The van der Waals surface area contributed by atoms with E-state index in [1.165, 1.54) is 30.5 Å². The summed E-state index contributed by atoms with van der Waals surface area (Å²) in [5.74, 6) is 0.720. The van der Waals surface area contributed by atoms with Gasteiger partial charge in [0.1, 0.15) is 0 Å². The van der Waals surface area contributed by atoms with E-state index in [0.717, 1.165) is 12.5 Å². The lowest BCUT2D eigenvalue weighted by Crippen LogP contribution is -2.28. The van der Waals surface area contributed by atoms with Crippen LogP contribution in [0.25, 0.3) is 0 Å². The molecule has 0 bridgehead atoms. The SMILES string of the molecule is Cc1cc(C(C)(C)C)ccc1C1CCCNC1. The number of aryl methyl sites for hydroxylation is 1. The summed E-state index contributed by atoms with van der Waals surface area (Å²) in [6, 6.07) is 7.05. The van der Waals surface area contributed by atoms with E-state index in [4.69, 9.17) is 0 Å². The zero-order valence-electron chi connectivity index (χ0n) is 11.6. The molecule has 1 aliphatic heterocycles. The van der Waals surface area contributed by atoms with E-state index in [2.05, 4.69) is 51.2 Å². The topological polar surface area (TPSA) is 12.0 Å². The van der Waals surface area contributed by atoms with Gasteiger partial charge >= 0.3 is 0 Å². The minimum Gasteiger partial charge on any atom is -0.316 e. The molecular weight excluding hydrogens is 206 g/mol. The number of hydrogen-bond acceptors (Lipinski definition) is 1. The average molecular weight is 231 g/mol. The van der Waals surface area contributed by atoms with Gasteiger partial charge in [-0.25, -0.2) is 0 Å². The lowest BCUT2D eigenvalue weighted by molar-refractivity contribution is 0.460. The number of piperidine rings is 1. The molecule has 1 nitrogen and oxygen atoms in total. The molecular formula is C16H25N. The zero-order valence-corrected chi connectivity index (χ0v) is 11.6. The summed E-state index contributed by atoms with van der Waals surface area (Å²) >= 11 is 0. The molecule has 94 valence electrons. The first-order valence-corrected chi connectivity index (χ1v) is 6.80. The number of nitrogens with one attached hydrogen (secondary N) is 1. The second-order valence-corrected chi connectivity index (χ2v) is 6.36. The molecule has 2 rings (SSSR count). The molecule has 0 aromatic heterocycles. The molecule has 1 aliphatic rings. The molecule has 1 unspecified atom stereocenters. The van der Waals surface area contributed by atoms with Gasteiger partial charge in [0.25, 0.3) is 0 Å². The number of hydrogen-bond donors (Lipinski definition) is 1. The zero-order chi connectivity index (χ0) is 12.5. The van der Waals surface area contributed by atoms with E-state index < -0.39 is 0 Å². The third kappa shape index (κ3) is 2.90. The maximum absolute atomic E-state index is 3.51. The van der Waals surface area contributed by atoms with Crippen LogP contribution in [0.15, 0.2) is 18.2 Å². The molecule has 1 atom stereocenters. The highest BCUT2D eigenvalue weighted by Gasteiger charge is 2.19. The van der Waals surface area contributed by atoms with Gasteiger partial charge in [-0.15, -0.1) is 0 Å². The van der Waals surface area contributed by atoms with E-state index in [0.29, 0.717) is 0 Å². The van der Waals surface area contributed by atoms with Crippen LogP contribution in [0.3, 0.4) is 0 Å². The molecule has 1 aromatic carbocycles. The Kier molecular flexibility index (Phi) is 3.58. The minimum absolute atomic E-state index is 0.258. The second-order valence-electron chi connectivity index (χ2n) is 6.36. The molecule has 0 spiro atoms. The van der Waals surface area contributed by atoms with Gasteiger partial charge in [-0.1, -0.05) is 39.0 Å². The van der Waals surface area contributed by atoms with Crippen molar-refractivity contribution in [3.05, 3.63) is 34.9 Å². The Hall–Kier alpha value is -0.820.